The summed E-state index contributed by atoms with van der Waals surface area (Å²) in [4.78, 5) is 35.1. The van der Waals surface area contributed by atoms with E-state index in [2.05, 4.69) is 46.4 Å². The summed E-state index contributed by atoms with van der Waals surface area (Å²) in [6.45, 7) is 5.81. The Kier molecular flexibility index (Phi) is 9.26. The molecule has 0 bridgehead atoms. The molecule has 45 heavy (non-hydrogen) atoms. The summed E-state index contributed by atoms with van der Waals surface area (Å²) in [5, 5.41) is 3.19. The maximum absolute atomic E-state index is 13.5. The predicted molar refractivity (Wildman–Crippen MR) is 176 cm³/mol. The van der Waals surface area contributed by atoms with Crippen molar-refractivity contribution < 1.29 is 19.1 Å². The first-order valence-corrected chi connectivity index (χ1v) is 15.6. The number of hydrogen-bond acceptors (Lipinski definition) is 7. The van der Waals surface area contributed by atoms with E-state index in [1.165, 1.54) is 0 Å². The highest BCUT2D eigenvalue weighted by molar-refractivity contribution is 6.06. The van der Waals surface area contributed by atoms with Crippen LogP contribution in [0.2, 0.25) is 0 Å². The lowest BCUT2D eigenvalue weighted by atomic mass is 9.97. The average molecular weight is 606 g/mol. The highest BCUT2D eigenvalue weighted by Crippen LogP contribution is 2.36. The van der Waals surface area contributed by atoms with Gasteiger partial charge < -0.3 is 30.3 Å². The summed E-state index contributed by atoms with van der Waals surface area (Å²) in [6.07, 6.45) is 6.18. The molecule has 0 saturated carbocycles. The number of piperidine rings is 1. The van der Waals surface area contributed by atoms with E-state index in [0.717, 1.165) is 54.0 Å². The fourth-order valence-electron chi connectivity index (χ4n) is 5.85. The summed E-state index contributed by atoms with van der Waals surface area (Å²) in [5.41, 5.74) is 11.6. The van der Waals surface area contributed by atoms with E-state index in [9.17, 15) is 9.59 Å². The molecule has 0 radical (unpaired) electrons. The number of pyridine rings is 1. The van der Waals surface area contributed by atoms with Crippen molar-refractivity contribution in [2.45, 2.75) is 32.7 Å². The molecule has 3 aromatic carbocycles. The molecular weight excluding hydrogens is 566 g/mol. The van der Waals surface area contributed by atoms with Crippen LogP contribution in [0.15, 0.2) is 85.2 Å². The molecule has 0 spiro atoms. The number of carbonyl (C=O) groups excluding carboxylic acids is 2. The maximum atomic E-state index is 13.5. The minimum Gasteiger partial charge on any atom is -0.454 e. The number of benzene rings is 3. The number of nitrogens with one attached hydrogen (secondary N) is 1. The monoisotopic (exact) mass is 605 g/mol. The third-order valence-corrected chi connectivity index (χ3v) is 8.47. The van der Waals surface area contributed by atoms with Gasteiger partial charge in [0.15, 0.2) is 11.5 Å². The Morgan fingerprint density at radius 2 is 1.78 bits per heavy atom. The Balaban J connectivity index is 1.28. The van der Waals surface area contributed by atoms with Gasteiger partial charge in [-0.15, -0.1) is 0 Å². The summed E-state index contributed by atoms with van der Waals surface area (Å²) in [5.74, 6) is 1.61. The number of rotatable bonds is 10. The van der Waals surface area contributed by atoms with Gasteiger partial charge in [0.2, 0.25) is 6.79 Å². The van der Waals surface area contributed by atoms with Crippen LogP contribution in [-0.2, 0) is 6.54 Å². The SMILES string of the molecule is CC1CCN(c2ccc(-c3cccc(CN(CCCN)C(=O)c4cccnc4)c3)cc2NC(=O)c2ccc3c(c2)OCO3)CC1. The number of nitrogens with zero attached hydrogens (tertiary/aromatic N) is 3. The second-order valence-corrected chi connectivity index (χ2v) is 11.7. The van der Waals surface area contributed by atoms with E-state index in [1.807, 2.05) is 23.1 Å². The molecule has 1 fully saturated rings. The van der Waals surface area contributed by atoms with Gasteiger partial charge in [-0.3, -0.25) is 14.6 Å². The number of ether oxygens (including phenoxy) is 2. The second kappa shape index (κ2) is 13.8. The topological polar surface area (TPSA) is 110 Å². The molecule has 4 aromatic rings. The smallest absolute Gasteiger partial charge is 0.255 e. The molecular formula is C36H39N5O4. The Hall–Kier alpha value is -4.89. The molecule has 2 aliphatic rings. The van der Waals surface area contributed by atoms with E-state index in [-0.39, 0.29) is 18.6 Å². The molecule has 0 unspecified atom stereocenters. The van der Waals surface area contributed by atoms with Crippen molar-refractivity contribution in [2.24, 2.45) is 11.7 Å². The lowest BCUT2D eigenvalue weighted by Gasteiger charge is -2.33. The molecule has 1 saturated heterocycles. The fourth-order valence-corrected chi connectivity index (χ4v) is 5.85. The standard InChI is InChI=1S/C36H39N5O4/c1-25-12-17-40(18-13-25)32-10-8-28(20-31(32)39-35(42)29-9-11-33-34(21-29)45-24-44-33)27-6-2-5-26(19-27)23-41(16-4-14-37)36(43)30-7-3-15-38-22-30/h2-3,5-11,15,19-22,25H,4,12-14,16-18,23-24,37H2,1H3,(H,39,42). The zero-order chi connectivity index (χ0) is 31.2. The van der Waals surface area contributed by atoms with Crippen LogP contribution in [0.1, 0.15) is 52.5 Å². The molecule has 9 nitrogen and oxygen atoms in total. The van der Waals surface area contributed by atoms with Crippen LogP contribution in [0.4, 0.5) is 11.4 Å². The Morgan fingerprint density at radius 1 is 0.956 bits per heavy atom. The van der Waals surface area contributed by atoms with Gasteiger partial charge in [-0.2, -0.15) is 0 Å². The van der Waals surface area contributed by atoms with Crippen molar-refractivity contribution in [2.75, 3.05) is 43.2 Å². The number of aromatic nitrogens is 1. The predicted octanol–water partition coefficient (Wildman–Crippen LogP) is 5.96. The van der Waals surface area contributed by atoms with Crippen LogP contribution < -0.4 is 25.4 Å². The quantitative estimate of drug-likeness (QED) is 0.230. The summed E-state index contributed by atoms with van der Waals surface area (Å²) in [6, 6.07) is 23.2. The number of fused-ring (bicyclic) bond motifs is 1. The summed E-state index contributed by atoms with van der Waals surface area (Å²) < 4.78 is 10.9. The lowest BCUT2D eigenvalue weighted by Crippen LogP contribution is -2.33. The van der Waals surface area contributed by atoms with Crippen LogP contribution in [0.3, 0.4) is 0 Å². The first kappa shape index (κ1) is 30.1. The van der Waals surface area contributed by atoms with E-state index in [1.54, 1.807) is 42.7 Å². The molecule has 232 valence electrons. The van der Waals surface area contributed by atoms with E-state index in [4.69, 9.17) is 15.2 Å². The van der Waals surface area contributed by atoms with Crippen molar-refractivity contribution in [3.05, 3.63) is 102 Å². The van der Waals surface area contributed by atoms with Crippen LogP contribution >= 0.6 is 0 Å². The van der Waals surface area contributed by atoms with Gasteiger partial charge in [0.25, 0.3) is 11.8 Å². The Bertz CT molecular complexity index is 1650. The average Bonchev–Trinajstić information content (AvgIpc) is 3.55. The minimum atomic E-state index is -0.213. The van der Waals surface area contributed by atoms with Crippen molar-refractivity contribution in [1.29, 1.82) is 0 Å². The molecule has 1 aromatic heterocycles. The van der Waals surface area contributed by atoms with Crippen LogP contribution in [0.5, 0.6) is 11.5 Å². The Labute approximate surface area is 264 Å². The van der Waals surface area contributed by atoms with Crippen LogP contribution in [0, 0.1) is 5.92 Å². The van der Waals surface area contributed by atoms with Gasteiger partial charge in [0, 0.05) is 44.1 Å². The highest BCUT2D eigenvalue weighted by atomic mass is 16.7. The Morgan fingerprint density at radius 3 is 2.58 bits per heavy atom. The van der Waals surface area contributed by atoms with Gasteiger partial charge >= 0.3 is 0 Å². The molecule has 2 amide bonds. The zero-order valence-electron chi connectivity index (χ0n) is 25.6. The number of carbonyl (C=O) groups is 2. The van der Waals surface area contributed by atoms with Gasteiger partial charge in [0.05, 0.1) is 16.9 Å². The molecule has 6 rings (SSSR count). The zero-order valence-corrected chi connectivity index (χ0v) is 25.6. The molecule has 0 aliphatic carbocycles. The number of hydrogen-bond donors (Lipinski definition) is 2. The van der Waals surface area contributed by atoms with Gasteiger partial charge in [-0.25, -0.2) is 0 Å². The molecule has 3 N–H and O–H groups in total. The van der Waals surface area contributed by atoms with E-state index < -0.39 is 0 Å². The van der Waals surface area contributed by atoms with Crippen LogP contribution in [0.25, 0.3) is 11.1 Å². The molecule has 9 heteroatoms. The highest BCUT2D eigenvalue weighted by Gasteiger charge is 2.22. The fraction of sp³-hybridized carbons (Fsp3) is 0.306. The van der Waals surface area contributed by atoms with Gasteiger partial charge in [-0.1, -0.05) is 31.2 Å². The molecule has 0 atom stereocenters. The van der Waals surface area contributed by atoms with Crippen molar-refractivity contribution in [3.63, 3.8) is 0 Å². The van der Waals surface area contributed by atoms with Crippen molar-refractivity contribution in [1.82, 2.24) is 9.88 Å². The van der Waals surface area contributed by atoms with E-state index in [0.29, 0.717) is 54.6 Å². The van der Waals surface area contributed by atoms with Crippen molar-refractivity contribution in [3.8, 4) is 22.6 Å². The number of anilines is 2. The first-order valence-electron chi connectivity index (χ1n) is 15.6. The van der Waals surface area contributed by atoms with Crippen LogP contribution in [-0.4, -0.2) is 54.7 Å². The maximum Gasteiger partial charge on any atom is 0.255 e. The number of nitrogens with two attached hydrogens (primary N) is 1. The minimum absolute atomic E-state index is 0.0735. The normalized spacial score (nSPS) is 14.3. The largest absolute Gasteiger partial charge is 0.454 e. The summed E-state index contributed by atoms with van der Waals surface area (Å²) >= 11 is 0. The second-order valence-electron chi connectivity index (χ2n) is 11.7. The molecule has 3 heterocycles. The lowest BCUT2D eigenvalue weighted by molar-refractivity contribution is 0.0741. The molecule has 2 aliphatic heterocycles. The first-order chi connectivity index (χ1) is 22.0. The van der Waals surface area contributed by atoms with Crippen molar-refractivity contribution >= 4 is 23.2 Å². The van der Waals surface area contributed by atoms with Gasteiger partial charge in [0.1, 0.15) is 0 Å². The van der Waals surface area contributed by atoms with Gasteiger partial charge in [-0.05, 0) is 96.9 Å². The summed E-state index contributed by atoms with van der Waals surface area (Å²) in [7, 11) is 0. The third kappa shape index (κ3) is 7.10. The van der Waals surface area contributed by atoms with E-state index >= 15 is 0 Å². The third-order valence-electron chi connectivity index (χ3n) is 8.47. The number of amides is 2.